The van der Waals surface area contributed by atoms with Gasteiger partial charge in [-0.15, -0.1) is 0 Å². The van der Waals surface area contributed by atoms with Crippen molar-refractivity contribution in [3.63, 3.8) is 0 Å². The van der Waals surface area contributed by atoms with E-state index in [1.54, 1.807) is 12.1 Å². The summed E-state index contributed by atoms with van der Waals surface area (Å²) in [6, 6.07) is 5.47. The molecule has 3 heterocycles. The van der Waals surface area contributed by atoms with Gasteiger partial charge >= 0.3 is 10.2 Å². The Morgan fingerprint density at radius 3 is 2.42 bits per heavy atom. The SMILES string of the molecule is CN(c1ccc2c(c1)nc(C(C)(C)C)n2CC1CCOCC1)S(=O)(=O)N1CCC(F)(F)CC1. The predicted octanol–water partition coefficient (Wildman–Crippen LogP) is 4.17. The summed E-state index contributed by atoms with van der Waals surface area (Å²) in [5, 5.41) is 0. The lowest BCUT2D eigenvalue weighted by Gasteiger charge is -2.34. The van der Waals surface area contributed by atoms with E-state index >= 15 is 0 Å². The van der Waals surface area contributed by atoms with E-state index in [0.29, 0.717) is 11.6 Å². The van der Waals surface area contributed by atoms with Crippen molar-refractivity contribution < 1.29 is 21.9 Å². The zero-order valence-corrected chi connectivity index (χ0v) is 20.7. The molecule has 33 heavy (non-hydrogen) atoms. The standard InChI is InChI=1S/C23H34F2N4O3S/c1-22(2,3)21-26-19-15-18(5-6-20(19)29(21)16-17-7-13-32-14-8-17)27(4)33(30,31)28-11-9-23(24,25)10-12-28/h5-6,15,17H,7-14,16H2,1-4H3. The molecule has 2 aliphatic heterocycles. The second-order valence-electron chi connectivity index (χ2n) is 10.3. The van der Waals surface area contributed by atoms with Crippen LogP contribution >= 0.6 is 0 Å². The second kappa shape index (κ2) is 8.78. The minimum absolute atomic E-state index is 0.179. The maximum absolute atomic E-state index is 13.5. The Bertz CT molecular complexity index is 1090. The van der Waals surface area contributed by atoms with Crippen LogP contribution in [0.1, 0.15) is 52.3 Å². The lowest BCUT2D eigenvalue weighted by atomic mass is 9.94. The van der Waals surface area contributed by atoms with Gasteiger partial charge in [-0.2, -0.15) is 12.7 Å². The fourth-order valence-corrected chi connectivity index (χ4v) is 5.98. The number of alkyl halides is 2. The van der Waals surface area contributed by atoms with Crippen molar-refractivity contribution in [3.8, 4) is 0 Å². The van der Waals surface area contributed by atoms with Crippen molar-refractivity contribution in [2.75, 3.05) is 37.7 Å². The van der Waals surface area contributed by atoms with Crippen molar-refractivity contribution in [1.29, 1.82) is 0 Å². The average Bonchev–Trinajstić information content (AvgIpc) is 3.11. The maximum Gasteiger partial charge on any atom is 0.303 e. The molecule has 0 aliphatic carbocycles. The Labute approximate surface area is 194 Å². The molecular formula is C23H34F2N4O3S. The third-order valence-corrected chi connectivity index (χ3v) is 8.59. The molecule has 10 heteroatoms. The average molecular weight is 485 g/mol. The van der Waals surface area contributed by atoms with E-state index in [0.717, 1.165) is 53.8 Å². The van der Waals surface area contributed by atoms with Gasteiger partial charge in [-0.1, -0.05) is 20.8 Å². The number of anilines is 1. The van der Waals surface area contributed by atoms with E-state index < -0.39 is 29.0 Å². The fraction of sp³-hybridized carbons (Fsp3) is 0.696. The summed E-state index contributed by atoms with van der Waals surface area (Å²) in [4.78, 5) is 4.90. The third-order valence-electron chi connectivity index (χ3n) is 6.67. The number of fused-ring (bicyclic) bond motifs is 1. The molecule has 0 spiro atoms. The first kappa shape index (κ1) is 24.3. The van der Waals surface area contributed by atoms with Gasteiger partial charge in [-0.05, 0) is 37.0 Å². The molecule has 2 saturated heterocycles. The topological polar surface area (TPSA) is 67.7 Å². The summed E-state index contributed by atoms with van der Waals surface area (Å²) in [6.45, 7) is 8.40. The van der Waals surface area contributed by atoms with Gasteiger partial charge in [-0.25, -0.2) is 13.8 Å². The molecule has 2 fully saturated rings. The summed E-state index contributed by atoms with van der Waals surface area (Å²) in [5.41, 5.74) is 1.99. The molecule has 1 aromatic carbocycles. The van der Waals surface area contributed by atoms with Crippen LogP contribution in [0.3, 0.4) is 0 Å². The number of benzene rings is 1. The summed E-state index contributed by atoms with van der Waals surface area (Å²) in [7, 11) is -2.44. The Morgan fingerprint density at radius 2 is 1.82 bits per heavy atom. The molecule has 1 aromatic heterocycles. The van der Waals surface area contributed by atoms with Gasteiger partial charge < -0.3 is 9.30 Å². The van der Waals surface area contributed by atoms with Crippen LogP contribution in [0, 0.1) is 5.92 Å². The fourth-order valence-electron chi connectivity index (χ4n) is 4.61. The van der Waals surface area contributed by atoms with Crippen LogP contribution in [0.4, 0.5) is 14.5 Å². The van der Waals surface area contributed by atoms with Crippen LogP contribution in [0.5, 0.6) is 0 Å². The molecule has 0 radical (unpaired) electrons. The van der Waals surface area contributed by atoms with Gasteiger partial charge in [0.2, 0.25) is 0 Å². The molecule has 2 aliphatic rings. The molecule has 4 rings (SSSR count). The molecule has 7 nitrogen and oxygen atoms in total. The number of rotatable bonds is 5. The molecule has 2 aromatic rings. The van der Waals surface area contributed by atoms with Crippen molar-refractivity contribution >= 4 is 26.9 Å². The largest absolute Gasteiger partial charge is 0.381 e. The normalized spacial score (nSPS) is 20.9. The lowest BCUT2D eigenvalue weighted by molar-refractivity contribution is -0.0412. The highest BCUT2D eigenvalue weighted by atomic mass is 32.2. The van der Waals surface area contributed by atoms with E-state index in [9.17, 15) is 17.2 Å². The quantitative estimate of drug-likeness (QED) is 0.639. The molecule has 0 atom stereocenters. The van der Waals surface area contributed by atoms with Crippen molar-refractivity contribution in [2.24, 2.45) is 5.92 Å². The Morgan fingerprint density at radius 1 is 1.18 bits per heavy atom. The Balaban J connectivity index is 1.65. The number of aromatic nitrogens is 2. The number of halogens is 2. The molecule has 0 bridgehead atoms. The van der Waals surface area contributed by atoms with Gasteiger partial charge in [0.25, 0.3) is 5.92 Å². The zero-order valence-electron chi connectivity index (χ0n) is 19.9. The van der Waals surface area contributed by atoms with Gasteiger partial charge in [-0.3, -0.25) is 4.31 Å². The van der Waals surface area contributed by atoms with Crippen molar-refractivity contribution in [2.45, 2.75) is 64.3 Å². The van der Waals surface area contributed by atoms with Gasteiger partial charge in [0.1, 0.15) is 5.82 Å². The summed E-state index contributed by atoms with van der Waals surface area (Å²) in [5.74, 6) is -1.33. The van der Waals surface area contributed by atoms with Gasteiger partial charge in [0.15, 0.2) is 0 Å². The van der Waals surface area contributed by atoms with Crippen LogP contribution in [0.2, 0.25) is 0 Å². The highest BCUT2D eigenvalue weighted by Gasteiger charge is 2.39. The monoisotopic (exact) mass is 484 g/mol. The molecule has 0 saturated carbocycles. The molecule has 0 amide bonds. The maximum atomic E-state index is 13.5. The first-order valence-corrected chi connectivity index (χ1v) is 13.0. The molecule has 0 unspecified atom stereocenters. The van der Waals surface area contributed by atoms with Crippen molar-refractivity contribution in [3.05, 3.63) is 24.0 Å². The summed E-state index contributed by atoms with van der Waals surface area (Å²) < 4.78 is 63.3. The number of nitrogens with zero attached hydrogens (tertiary/aromatic N) is 4. The Kier molecular flexibility index (Phi) is 6.48. The van der Waals surface area contributed by atoms with E-state index in [-0.39, 0.29) is 18.5 Å². The van der Waals surface area contributed by atoms with Crippen LogP contribution in [0.15, 0.2) is 18.2 Å². The van der Waals surface area contributed by atoms with Crippen LogP contribution < -0.4 is 4.31 Å². The van der Waals surface area contributed by atoms with Crippen LogP contribution in [-0.4, -0.2) is 61.5 Å². The molecule has 184 valence electrons. The number of piperidine rings is 1. The lowest BCUT2D eigenvalue weighted by Crippen LogP contribution is -2.48. The van der Waals surface area contributed by atoms with E-state index in [1.165, 1.54) is 11.4 Å². The van der Waals surface area contributed by atoms with E-state index in [2.05, 4.69) is 25.3 Å². The summed E-state index contributed by atoms with van der Waals surface area (Å²) >= 11 is 0. The first-order valence-electron chi connectivity index (χ1n) is 11.6. The minimum Gasteiger partial charge on any atom is -0.381 e. The van der Waals surface area contributed by atoms with Gasteiger partial charge in [0, 0.05) is 58.2 Å². The third kappa shape index (κ3) is 5.02. The van der Waals surface area contributed by atoms with E-state index in [1.807, 2.05) is 6.07 Å². The predicted molar refractivity (Wildman–Crippen MR) is 125 cm³/mol. The first-order chi connectivity index (χ1) is 15.4. The molecule has 0 N–H and O–H groups in total. The number of hydrogen-bond acceptors (Lipinski definition) is 4. The summed E-state index contributed by atoms with van der Waals surface area (Å²) in [6.07, 6.45) is 1.11. The highest BCUT2D eigenvalue weighted by molar-refractivity contribution is 7.90. The number of ether oxygens (including phenoxy) is 1. The van der Waals surface area contributed by atoms with E-state index in [4.69, 9.17) is 9.72 Å². The van der Waals surface area contributed by atoms with Crippen molar-refractivity contribution in [1.82, 2.24) is 13.9 Å². The number of hydrogen-bond donors (Lipinski definition) is 0. The highest BCUT2D eigenvalue weighted by Crippen LogP contribution is 2.33. The minimum atomic E-state index is -3.90. The smallest absolute Gasteiger partial charge is 0.303 e. The zero-order chi connectivity index (χ0) is 24.0. The van der Waals surface area contributed by atoms with Crippen LogP contribution in [0.25, 0.3) is 11.0 Å². The van der Waals surface area contributed by atoms with Gasteiger partial charge in [0.05, 0.1) is 16.7 Å². The Hall–Kier alpha value is -1.78. The second-order valence-corrected chi connectivity index (χ2v) is 12.2. The van der Waals surface area contributed by atoms with Crippen LogP contribution in [-0.2, 0) is 26.9 Å². The molecular weight excluding hydrogens is 450 g/mol. The number of imidazole rings is 1.